The van der Waals surface area contributed by atoms with E-state index in [0.29, 0.717) is 17.4 Å². The lowest BCUT2D eigenvalue weighted by Gasteiger charge is -2.30. The molecule has 0 rings (SSSR count). The van der Waals surface area contributed by atoms with Crippen molar-refractivity contribution in [3.05, 3.63) is 60.8 Å². The van der Waals surface area contributed by atoms with E-state index in [1.807, 2.05) is 33.3 Å². The molecule has 0 saturated heterocycles. The second-order valence-corrected chi connectivity index (χ2v) is 23.6. The van der Waals surface area contributed by atoms with E-state index in [2.05, 4.69) is 74.7 Å². The van der Waals surface area contributed by atoms with Crippen molar-refractivity contribution in [2.24, 2.45) is 0 Å². The molecule has 0 aliphatic rings. The molecular weight excluding hydrogens is 940 g/mol. The molecule has 0 aliphatic heterocycles. The predicted molar refractivity (Wildman–Crippen MR) is 316 cm³/mol. The van der Waals surface area contributed by atoms with Gasteiger partial charge in [0, 0.05) is 12.8 Å². The first-order valence-electron chi connectivity index (χ1n) is 31.1. The van der Waals surface area contributed by atoms with E-state index in [0.717, 1.165) is 83.5 Å². The highest BCUT2D eigenvalue weighted by Gasteiger charge is 2.27. The average Bonchev–Trinajstić information content (AvgIpc) is 3.36. The first-order valence-corrected chi connectivity index (χ1v) is 32.6. The highest BCUT2D eigenvalue weighted by molar-refractivity contribution is 7.45. The van der Waals surface area contributed by atoms with E-state index in [9.17, 15) is 19.0 Å². The highest BCUT2D eigenvalue weighted by atomic mass is 31.2. The van der Waals surface area contributed by atoms with Crippen molar-refractivity contribution < 1.29 is 37.3 Å². The molecule has 3 unspecified atom stereocenters. The molecule has 1 N–H and O–H groups in total. The number of phosphoric ester groups is 1. The summed E-state index contributed by atoms with van der Waals surface area (Å²) >= 11 is 0. The smallest absolute Gasteiger partial charge is 0.306 e. The minimum atomic E-state index is -4.70. The van der Waals surface area contributed by atoms with Crippen LogP contribution in [0.3, 0.4) is 0 Å². The zero-order valence-corrected chi connectivity index (χ0v) is 50.2. The number of phosphoric acid groups is 1. The third-order valence-corrected chi connectivity index (χ3v) is 14.7. The number of esters is 1. The van der Waals surface area contributed by atoms with Gasteiger partial charge < -0.3 is 28.5 Å². The van der Waals surface area contributed by atoms with E-state index in [1.54, 1.807) is 0 Å². The van der Waals surface area contributed by atoms with Crippen molar-refractivity contribution in [1.82, 2.24) is 5.32 Å². The van der Waals surface area contributed by atoms with Crippen LogP contribution in [0.4, 0.5) is 0 Å². The number of hydrogen-bond donors (Lipinski definition) is 1. The molecule has 0 radical (unpaired) electrons. The van der Waals surface area contributed by atoms with Crippen LogP contribution in [0, 0.1) is 0 Å². The Morgan fingerprint density at radius 3 is 1.32 bits per heavy atom. The summed E-state index contributed by atoms with van der Waals surface area (Å²) in [5.74, 6) is -0.552. The van der Waals surface area contributed by atoms with E-state index in [1.165, 1.54) is 167 Å². The number of allylic oxidation sites excluding steroid dienone is 9. The van der Waals surface area contributed by atoms with Crippen molar-refractivity contribution >= 4 is 19.7 Å². The van der Waals surface area contributed by atoms with Gasteiger partial charge in [0.05, 0.1) is 33.8 Å². The highest BCUT2D eigenvalue weighted by Crippen LogP contribution is 2.38. The maximum absolute atomic E-state index is 13.5. The minimum Gasteiger partial charge on any atom is -0.756 e. The molecule has 0 aromatic carbocycles. The van der Waals surface area contributed by atoms with E-state index in [4.69, 9.17) is 13.8 Å². The van der Waals surface area contributed by atoms with Crippen LogP contribution in [0.15, 0.2) is 60.8 Å². The summed E-state index contributed by atoms with van der Waals surface area (Å²) in [7, 11) is 1.18. The number of hydrogen-bond acceptors (Lipinski definition) is 7. The van der Waals surface area contributed by atoms with Gasteiger partial charge in [0.1, 0.15) is 19.3 Å². The molecule has 74 heavy (non-hydrogen) atoms. The summed E-state index contributed by atoms with van der Waals surface area (Å²) in [6.45, 7) is 6.79. The number of carbonyl (C=O) groups is 2. The molecule has 0 aromatic rings. The van der Waals surface area contributed by atoms with Gasteiger partial charge in [-0.05, 0) is 89.5 Å². The maximum atomic E-state index is 13.5. The Labute approximate surface area is 458 Å². The monoisotopic (exact) mass is 1060 g/mol. The summed E-state index contributed by atoms with van der Waals surface area (Å²) in [4.78, 5) is 40.0. The van der Waals surface area contributed by atoms with Crippen LogP contribution in [-0.4, -0.2) is 69.4 Å². The zero-order valence-electron chi connectivity index (χ0n) is 49.3. The van der Waals surface area contributed by atoms with Crippen LogP contribution in [0.1, 0.15) is 284 Å². The third kappa shape index (κ3) is 54.5. The van der Waals surface area contributed by atoms with Crippen LogP contribution >= 0.6 is 7.82 Å². The third-order valence-electron chi connectivity index (χ3n) is 13.7. The molecule has 0 saturated carbocycles. The second-order valence-electron chi connectivity index (χ2n) is 22.2. The van der Waals surface area contributed by atoms with Crippen molar-refractivity contribution in [3.63, 3.8) is 0 Å². The first-order chi connectivity index (χ1) is 35.9. The van der Waals surface area contributed by atoms with E-state index in [-0.39, 0.29) is 24.9 Å². The summed E-state index contributed by atoms with van der Waals surface area (Å²) < 4.78 is 30.3. The molecule has 0 heterocycles. The van der Waals surface area contributed by atoms with Crippen LogP contribution < -0.4 is 10.2 Å². The average molecular weight is 1060 g/mol. The Morgan fingerprint density at radius 1 is 0.486 bits per heavy atom. The fourth-order valence-corrected chi connectivity index (χ4v) is 9.56. The van der Waals surface area contributed by atoms with E-state index >= 15 is 0 Å². The molecular formula is C64H119N2O7P. The molecule has 432 valence electrons. The number of likely N-dealkylation sites (N-methyl/N-ethyl adjacent to an activating group) is 1. The molecule has 0 aliphatic carbocycles. The SMILES string of the molecule is CCCCC/C=C\C/C=C\CCCCCCCCCCCCCC(=O)NC(COP(=O)([O-])OCC[N+](C)(C)C)C(/C=C\CCCCCCCCCCCC)OC(=O)CCCCCCCC/C=C/C=C/CCCCC. The van der Waals surface area contributed by atoms with Gasteiger partial charge in [0.15, 0.2) is 0 Å². The Hall–Kier alpha value is -2.29. The zero-order chi connectivity index (χ0) is 54.3. The van der Waals surface area contributed by atoms with Crippen LogP contribution in [0.25, 0.3) is 0 Å². The van der Waals surface area contributed by atoms with Gasteiger partial charge in [-0.2, -0.15) is 0 Å². The summed E-state index contributed by atoms with van der Waals surface area (Å²) in [6.07, 6.45) is 67.5. The largest absolute Gasteiger partial charge is 0.756 e. The number of nitrogens with one attached hydrogen (secondary N) is 1. The fourth-order valence-electron chi connectivity index (χ4n) is 8.84. The van der Waals surface area contributed by atoms with Crippen LogP contribution in [0.5, 0.6) is 0 Å². The fraction of sp³-hybridized carbons (Fsp3) is 0.812. The second kappa shape index (κ2) is 54.1. The van der Waals surface area contributed by atoms with Gasteiger partial charge in [-0.1, -0.05) is 242 Å². The van der Waals surface area contributed by atoms with Gasteiger partial charge in [0.25, 0.3) is 7.82 Å². The molecule has 1 amide bonds. The van der Waals surface area contributed by atoms with Crippen molar-refractivity contribution in [3.8, 4) is 0 Å². The Balaban J connectivity index is 5.23. The number of nitrogens with zero attached hydrogens (tertiary/aromatic N) is 1. The molecule has 0 spiro atoms. The quantitative estimate of drug-likeness (QED) is 0.0161. The molecule has 3 atom stereocenters. The lowest BCUT2D eigenvalue weighted by atomic mass is 10.0. The molecule has 0 bridgehead atoms. The lowest BCUT2D eigenvalue weighted by Crippen LogP contribution is -2.47. The van der Waals surface area contributed by atoms with Crippen LogP contribution in [0.2, 0.25) is 0 Å². The topological polar surface area (TPSA) is 114 Å². The molecule has 0 aromatic heterocycles. The Bertz CT molecular complexity index is 1450. The standard InChI is InChI=1S/C64H119N2O7P/c1-7-10-13-16-19-22-25-28-30-31-32-33-34-35-37-38-41-44-47-50-53-56-63(67)65-61(60-72-74(69,70)71-59-58-66(4,5)6)62(55-52-49-46-43-40-27-24-21-18-15-12-9-3)73-64(68)57-54-51-48-45-42-39-36-29-26-23-20-17-14-11-8-2/h19-20,22-23,26,28-30,52,55,61-62H,7-18,21,24-25,27,31-51,53-54,56-60H2,1-6H3,(H-,65,67,69,70)/b22-19-,23-20+,29-26+,30-28-,55-52-. The normalized spacial score (nSPS) is 14.1. The van der Waals surface area contributed by atoms with Gasteiger partial charge in [-0.25, -0.2) is 0 Å². The number of carbonyl (C=O) groups excluding carboxylic acids is 2. The minimum absolute atomic E-state index is 0.0255. The van der Waals surface area contributed by atoms with Crippen LogP contribution in [-0.2, 0) is 27.9 Å². The number of rotatable bonds is 56. The van der Waals surface area contributed by atoms with Gasteiger partial charge in [-0.15, -0.1) is 0 Å². The maximum Gasteiger partial charge on any atom is 0.306 e. The molecule has 9 nitrogen and oxygen atoms in total. The van der Waals surface area contributed by atoms with Crippen molar-refractivity contribution in [2.45, 2.75) is 296 Å². The van der Waals surface area contributed by atoms with Gasteiger partial charge in [0.2, 0.25) is 5.91 Å². The van der Waals surface area contributed by atoms with Gasteiger partial charge in [-0.3, -0.25) is 14.2 Å². The molecule has 10 heteroatoms. The molecule has 0 fully saturated rings. The number of unbranched alkanes of at least 4 members (excludes halogenated alkanes) is 33. The Morgan fingerprint density at radius 2 is 0.865 bits per heavy atom. The summed E-state index contributed by atoms with van der Waals surface area (Å²) in [6, 6.07) is -0.894. The lowest BCUT2D eigenvalue weighted by molar-refractivity contribution is -0.870. The number of ether oxygens (including phenoxy) is 1. The van der Waals surface area contributed by atoms with Crippen molar-refractivity contribution in [2.75, 3.05) is 40.9 Å². The predicted octanol–water partition coefficient (Wildman–Crippen LogP) is 18.4. The first kappa shape index (κ1) is 71.7. The van der Waals surface area contributed by atoms with Gasteiger partial charge >= 0.3 is 5.97 Å². The Kier molecular flexibility index (Phi) is 52.4. The van der Waals surface area contributed by atoms with Crippen molar-refractivity contribution in [1.29, 1.82) is 0 Å². The summed E-state index contributed by atoms with van der Waals surface area (Å²) in [5, 5.41) is 3.03. The number of quaternary nitrogens is 1. The summed E-state index contributed by atoms with van der Waals surface area (Å²) in [5.41, 5.74) is 0. The number of amides is 1. The van der Waals surface area contributed by atoms with E-state index < -0.39 is 26.6 Å².